The Balaban J connectivity index is 1.43. The van der Waals surface area contributed by atoms with Crippen molar-refractivity contribution < 1.29 is 18.4 Å². The van der Waals surface area contributed by atoms with Crippen molar-refractivity contribution in [2.45, 2.75) is 18.9 Å². The van der Waals surface area contributed by atoms with Crippen LogP contribution in [0.5, 0.6) is 0 Å². The van der Waals surface area contributed by atoms with E-state index in [0.717, 1.165) is 19.4 Å². The molecule has 1 aliphatic heterocycles. The number of hydrogen-bond donors (Lipinski definition) is 1. The third-order valence-corrected chi connectivity index (χ3v) is 4.42. The zero-order valence-corrected chi connectivity index (χ0v) is 14.5. The van der Waals surface area contributed by atoms with Gasteiger partial charge in [0.25, 0.3) is 11.8 Å². The molecule has 1 amide bonds. The van der Waals surface area contributed by atoms with Crippen molar-refractivity contribution in [3.05, 3.63) is 59.9 Å². The summed E-state index contributed by atoms with van der Waals surface area (Å²) in [4.78, 5) is 16.5. The molecule has 0 unspecified atom stereocenters. The lowest BCUT2D eigenvalue weighted by atomic mass is 10.1. The van der Waals surface area contributed by atoms with Crippen LogP contribution in [0, 0.1) is 5.82 Å². The molecule has 1 aromatic heterocycles. The van der Waals surface area contributed by atoms with Gasteiger partial charge >= 0.3 is 0 Å². The van der Waals surface area contributed by atoms with Crippen molar-refractivity contribution in [1.29, 1.82) is 0 Å². The van der Waals surface area contributed by atoms with Crippen LogP contribution in [0.15, 0.2) is 53.1 Å². The van der Waals surface area contributed by atoms with Crippen molar-refractivity contribution in [2.24, 2.45) is 0 Å². The summed E-state index contributed by atoms with van der Waals surface area (Å²) in [5.41, 5.74) is 1.76. The van der Waals surface area contributed by atoms with Crippen molar-refractivity contribution in [2.75, 3.05) is 13.2 Å². The average molecular weight is 367 g/mol. The van der Waals surface area contributed by atoms with Gasteiger partial charge in [-0.1, -0.05) is 17.3 Å². The molecule has 4 rings (SSSR count). The highest BCUT2D eigenvalue weighted by atomic mass is 19.1. The molecule has 7 heteroatoms. The number of nitrogens with zero attached hydrogens (tertiary/aromatic N) is 2. The second-order valence-corrected chi connectivity index (χ2v) is 6.36. The quantitative estimate of drug-likeness (QED) is 0.747. The number of rotatable bonds is 5. The number of carbonyl (C=O) groups is 1. The Bertz CT molecular complexity index is 934. The first-order valence-corrected chi connectivity index (χ1v) is 8.79. The predicted octanol–water partition coefficient (Wildman–Crippen LogP) is 3.45. The van der Waals surface area contributed by atoms with E-state index < -0.39 is 0 Å². The number of carbonyl (C=O) groups excluding carboxylic acids is 1. The van der Waals surface area contributed by atoms with Gasteiger partial charge in [-0.3, -0.25) is 4.79 Å². The summed E-state index contributed by atoms with van der Waals surface area (Å²) in [6.45, 7) is 1.28. The van der Waals surface area contributed by atoms with E-state index >= 15 is 0 Å². The van der Waals surface area contributed by atoms with Crippen molar-refractivity contribution in [3.8, 4) is 22.8 Å². The van der Waals surface area contributed by atoms with Crippen LogP contribution in [-0.2, 0) is 4.74 Å². The number of hydrogen-bond acceptors (Lipinski definition) is 5. The first-order valence-electron chi connectivity index (χ1n) is 8.79. The molecular weight excluding hydrogens is 349 g/mol. The molecule has 1 N–H and O–H groups in total. The summed E-state index contributed by atoms with van der Waals surface area (Å²) < 4.78 is 24.1. The molecule has 3 aromatic rings. The van der Waals surface area contributed by atoms with E-state index in [0.29, 0.717) is 35.0 Å². The predicted molar refractivity (Wildman–Crippen MR) is 96.4 cm³/mol. The van der Waals surface area contributed by atoms with E-state index in [4.69, 9.17) is 9.26 Å². The van der Waals surface area contributed by atoms with Gasteiger partial charge in [-0.15, -0.1) is 0 Å². The zero-order valence-electron chi connectivity index (χ0n) is 14.5. The van der Waals surface area contributed by atoms with Gasteiger partial charge in [0.1, 0.15) is 5.82 Å². The molecule has 0 saturated carbocycles. The van der Waals surface area contributed by atoms with Crippen LogP contribution in [0.25, 0.3) is 22.8 Å². The van der Waals surface area contributed by atoms with Crippen LogP contribution in [0.4, 0.5) is 4.39 Å². The third-order valence-electron chi connectivity index (χ3n) is 4.42. The molecule has 27 heavy (non-hydrogen) atoms. The normalized spacial score (nSPS) is 16.4. The molecule has 0 aliphatic carbocycles. The van der Waals surface area contributed by atoms with Crippen LogP contribution < -0.4 is 5.32 Å². The minimum absolute atomic E-state index is 0.105. The largest absolute Gasteiger partial charge is 0.376 e. The highest BCUT2D eigenvalue weighted by Gasteiger charge is 2.17. The Morgan fingerprint density at radius 2 is 2.04 bits per heavy atom. The fourth-order valence-electron chi connectivity index (χ4n) is 2.96. The minimum atomic E-state index is -0.364. The second-order valence-electron chi connectivity index (χ2n) is 6.36. The second kappa shape index (κ2) is 7.67. The Morgan fingerprint density at radius 1 is 1.19 bits per heavy atom. The molecule has 1 saturated heterocycles. The van der Waals surface area contributed by atoms with E-state index in [1.165, 1.54) is 12.1 Å². The molecule has 1 aliphatic rings. The molecular formula is C20H18FN3O3. The number of aromatic nitrogens is 2. The summed E-state index contributed by atoms with van der Waals surface area (Å²) in [5, 5.41) is 6.77. The lowest BCUT2D eigenvalue weighted by Crippen LogP contribution is -2.31. The van der Waals surface area contributed by atoms with Gasteiger partial charge < -0.3 is 14.6 Å². The monoisotopic (exact) mass is 367 g/mol. The van der Waals surface area contributed by atoms with Crippen molar-refractivity contribution >= 4 is 5.91 Å². The molecule has 6 nitrogen and oxygen atoms in total. The van der Waals surface area contributed by atoms with Gasteiger partial charge in [0.2, 0.25) is 5.82 Å². The molecule has 138 valence electrons. The molecule has 0 bridgehead atoms. The SMILES string of the molecule is O=C(NC[C@@H]1CCCO1)c1ccc(-c2nc(-c3cccc(F)c3)no2)cc1. The number of nitrogens with one attached hydrogen (secondary N) is 1. The molecule has 0 spiro atoms. The summed E-state index contributed by atoms with van der Waals surface area (Å²) in [6, 6.07) is 12.9. The van der Waals surface area contributed by atoms with Gasteiger partial charge in [0.05, 0.1) is 6.10 Å². The van der Waals surface area contributed by atoms with E-state index in [1.807, 2.05) is 0 Å². The lowest BCUT2D eigenvalue weighted by molar-refractivity contribution is 0.0858. The van der Waals surface area contributed by atoms with Gasteiger partial charge in [0, 0.05) is 29.8 Å². The van der Waals surface area contributed by atoms with Crippen LogP contribution >= 0.6 is 0 Å². The number of halogens is 1. The summed E-state index contributed by atoms with van der Waals surface area (Å²) >= 11 is 0. The van der Waals surface area contributed by atoms with Crippen LogP contribution in [0.3, 0.4) is 0 Å². The summed E-state index contributed by atoms with van der Waals surface area (Å²) in [5.74, 6) is 0.101. The number of amides is 1. The highest BCUT2D eigenvalue weighted by Crippen LogP contribution is 2.23. The Labute approximate surface area is 155 Å². The van der Waals surface area contributed by atoms with Crippen LogP contribution in [0.1, 0.15) is 23.2 Å². The van der Waals surface area contributed by atoms with Gasteiger partial charge in [-0.05, 0) is 49.2 Å². The van der Waals surface area contributed by atoms with Gasteiger partial charge in [0.15, 0.2) is 0 Å². The fraction of sp³-hybridized carbons (Fsp3) is 0.250. The molecule has 1 atom stereocenters. The summed E-state index contributed by atoms with van der Waals surface area (Å²) in [7, 11) is 0. The van der Waals surface area contributed by atoms with Crippen molar-refractivity contribution in [3.63, 3.8) is 0 Å². The summed E-state index contributed by atoms with van der Waals surface area (Å²) in [6.07, 6.45) is 2.12. The van der Waals surface area contributed by atoms with Crippen molar-refractivity contribution in [1.82, 2.24) is 15.5 Å². The topological polar surface area (TPSA) is 77.2 Å². The van der Waals surface area contributed by atoms with E-state index in [9.17, 15) is 9.18 Å². The highest BCUT2D eigenvalue weighted by molar-refractivity contribution is 5.94. The van der Waals surface area contributed by atoms with Gasteiger partial charge in [-0.2, -0.15) is 4.98 Å². The Kier molecular flexibility index (Phi) is 4.93. The smallest absolute Gasteiger partial charge is 0.258 e. The first kappa shape index (κ1) is 17.4. The maximum absolute atomic E-state index is 13.3. The maximum Gasteiger partial charge on any atom is 0.258 e. The lowest BCUT2D eigenvalue weighted by Gasteiger charge is -2.10. The standard InChI is InChI=1S/C20H18FN3O3/c21-16-4-1-3-15(11-16)18-23-20(27-24-18)14-8-6-13(7-9-14)19(25)22-12-17-5-2-10-26-17/h1,3-4,6-9,11,17H,2,5,10,12H2,(H,22,25)/t17-/m0/s1. The van der Waals surface area contributed by atoms with Crippen LogP contribution in [0.2, 0.25) is 0 Å². The molecule has 2 aromatic carbocycles. The van der Waals surface area contributed by atoms with E-state index in [1.54, 1.807) is 36.4 Å². The first-order chi connectivity index (χ1) is 13.2. The fourth-order valence-corrected chi connectivity index (χ4v) is 2.96. The third kappa shape index (κ3) is 4.03. The average Bonchev–Trinajstić information content (AvgIpc) is 3.38. The minimum Gasteiger partial charge on any atom is -0.376 e. The Morgan fingerprint density at radius 3 is 2.78 bits per heavy atom. The molecule has 1 fully saturated rings. The number of benzene rings is 2. The van der Waals surface area contributed by atoms with Crippen LogP contribution in [-0.4, -0.2) is 35.3 Å². The Hall–Kier alpha value is -3.06. The molecule has 2 heterocycles. The van der Waals surface area contributed by atoms with E-state index in [-0.39, 0.29) is 17.8 Å². The zero-order chi connectivity index (χ0) is 18.6. The molecule has 0 radical (unpaired) electrons. The maximum atomic E-state index is 13.3. The van der Waals surface area contributed by atoms with E-state index in [2.05, 4.69) is 15.5 Å². The van der Waals surface area contributed by atoms with Gasteiger partial charge in [-0.25, -0.2) is 4.39 Å². The number of ether oxygens (including phenoxy) is 1.